The number of halogens is 1. The molecule has 0 unspecified atom stereocenters. The summed E-state index contributed by atoms with van der Waals surface area (Å²) in [5.41, 5.74) is 1.96. The molecule has 0 aliphatic heterocycles. The first-order chi connectivity index (χ1) is 8.22. The van der Waals surface area contributed by atoms with Gasteiger partial charge in [0.15, 0.2) is 0 Å². The molecule has 2 heterocycles. The van der Waals surface area contributed by atoms with E-state index in [4.69, 9.17) is 16.0 Å². The second-order valence-corrected chi connectivity index (χ2v) is 4.25. The Morgan fingerprint density at radius 1 is 1.47 bits per heavy atom. The number of rotatable bonds is 5. The fourth-order valence-electron chi connectivity index (χ4n) is 1.73. The maximum atomic E-state index is 6.24. The summed E-state index contributed by atoms with van der Waals surface area (Å²) in [6.07, 6.45) is 2.52. The lowest BCUT2D eigenvalue weighted by Crippen LogP contribution is -2.15. The minimum Gasteiger partial charge on any atom is -0.468 e. The third-order valence-electron chi connectivity index (χ3n) is 2.67. The minimum atomic E-state index is 0.684. The minimum absolute atomic E-state index is 0.684. The van der Waals surface area contributed by atoms with E-state index in [0.29, 0.717) is 13.1 Å². The number of hydrogen-bond acceptors (Lipinski definition) is 3. The first-order valence-corrected chi connectivity index (χ1v) is 6.03. The molecule has 0 bridgehead atoms. The summed E-state index contributed by atoms with van der Waals surface area (Å²) in [6.45, 7) is 3.42. The Bertz CT molecular complexity index is 476. The lowest BCUT2D eigenvalue weighted by molar-refractivity contribution is 0.479. The van der Waals surface area contributed by atoms with Gasteiger partial charge in [0, 0.05) is 13.6 Å². The van der Waals surface area contributed by atoms with Crippen LogP contribution in [0, 0.1) is 0 Å². The molecule has 0 spiro atoms. The summed E-state index contributed by atoms with van der Waals surface area (Å²) in [4.78, 5) is 0. The third-order valence-corrected chi connectivity index (χ3v) is 3.11. The van der Waals surface area contributed by atoms with Crippen LogP contribution in [0.4, 0.5) is 0 Å². The molecule has 92 valence electrons. The van der Waals surface area contributed by atoms with Gasteiger partial charge in [-0.2, -0.15) is 5.10 Å². The largest absolute Gasteiger partial charge is 0.468 e. The number of furan rings is 1. The predicted molar refractivity (Wildman–Crippen MR) is 66.8 cm³/mol. The lowest BCUT2D eigenvalue weighted by Gasteiger charge is -2.04. The van der Waals surface area contributed by atoms with E-state index >= 15 is 0 Å². The highest BCUT2D eigenvalue weighted by molar-refractivity contribution is 6.31. The van der Waals surface area contributed by atoms with Crippen molar-refractivity contribution in [2.45, 2.75) is 26.4 Å². The highest BCUT2D eigenvalue weighted by Crippen LogP contribution is 2.20. The van der Waals surface area contributed by atoms with Gasteiger partial charge >= 0.3 is 0 Å². The normalized spacial score (nSPS) is 11.0. The van der Waals surface area contributed by atoms with Crippen molar-refractivity contribution in [1.29, 1.82) is 0 Å². The first kappa shape index (κ1) is 12.2. The van der Waals surface area contributed by atoms with Crippen molar-refractivity contribution in [3.63, 3.8) is 0 Å². The summed E-state index contributed by atoms with van der Waals surface area (Å²) < 4.78 is 7.07. The van der Waals surface area contributed by atoms with Crippen LogP contribution in [0.1, 0.15) is 24.1 Å². The van der Waals surface area contributed by atoms with E-state index in [1.54, 1.807) is 6.26 Å². The van der Waals surface area contributed by atoms with Crippen molar-refractivity contribution >= 4 is 11.6 Å². The van der Waals surface area contributed by atoms with E-state index in [1.807, 2.05) is 30.8 Å². The molecule has 0 aromatic carbocycles. The number of nitrogens with one attached hydrogen (secondary N) is 1. The monoisotopic (exact) mass is 253 g/mol. The standard InChI is InChI=1S/C12H16ClN3O/c1-3-10-12(13)11(16(2)15-10)8-14-7-9-5-4-6-17-9/h4-6,14H,3,7-8H2,1-2H3. The molecular formula is C12H16ClN3O. The van der Waals surface area contributed by atoms with E-state index in [9.17, 15) is 0 Å². The van der Waals surface area contributed by atoms with E-state index in [0.717, 1.165) is 28.6 Å². The predicted octanol–water partition coefficient (Wildman–Crippen LogP) is 2.52. The molecule has 4 nitrogen and oxygen atoms in total. The van der Waals surface area contributed by atoms with Crippen molar-refractivity contribution in [2.24, 2.45) is 7.05 Å². The van der Waals surface area contributed by atoms with E-state index in [2.05, 4.69) is 10.4 Å². The second kappa shape index (κ2) is 5.38. The molecule has 0 radical (unpaired) electrons. The lowest BCUT2D eigenvalue weighted by atomic mass is 10.3. The van der Waals surface area contributed by atoms with Crippen LogP contribution in [0.3, 0.4) is 0 Å². The van der Waals surface area contributed by atoms with Crippen LogP contribution >= 0.6 is 11.6 Å². The Labute approximate surface area is 106 Å². The smallest absolute Gasteiger partial charge is 0.117 e. The molecule has 0 aliphatic carbocycles. The Balaban J connectivity index is 1.97. The van der Waals surface area contributed by atoms with Gasteiger partial charge in [-0.3, -0.25) is 4.68 Å². The molecule has 0 aliphatic rings. The SMILES string of the molecule is CCc1nn(C)c(CNCc2ccco2)c1Cl. The maximum Gasteiger partial charge on any atom is 0.117 e. The summed E-state index contributed by atoms with van der Waals surface area (Å²) in [5, 5.41) is 8.42. The van der Waals surface area contributed by atoms with Gasteiger partial charge in [0.25, 0.3) is 0 Å². The van der Waals surface area contributed by atoms with Gasteiger partial charge < -0.3 is 9.73 Å². The van der Waals surface area contributed by atoms with Gasteiger partial charge in [-0.05, 0) is 18.6 Å². The van der Waals surface area contributed by atoms with E-state index < -0.39 is 0 Å². The summed E-state index contributed by atoms with van der Waals surface area (Å²) >= 11 is 6.24. The van der Waals surface area contributed by atoms with Crippen LogP contribution in [0.25, 0.3) is 0 Å². The molecule has 2 aromatic rings. The molecule has 1 N–H and O–H groups in total. The maximum absolute atomic E-state index is 6.24. The van der Waals surface area contributed by atoms with E-state index in [-0.39, 0.29) is 0 Å². The number of aromatic nitrogens is 2. The molecule has 0 atom stereocenters. The van der Waals surface area contributed by atoms with Gasteiger partial charge in [0.1, 0.15) is 5.76 Å². The quantitative estimate of drug-likeness (QED) is 0.891. The average molecular weight is 254 g/mol. The topological polar surface area (TPSA) is 43.0 Å². The Kier molecular flexibility index (Phi) is 3.86. The van der Waals surface area contributed by atoms with Gasteiger partial charge in [0.05, 0.1) is 29.2 Å². The summed E-state index contributed by atoms with van der Waals surface area (Å²) in [5.74, 6) is 0.916. The molecule has 5 heteroatoms. The van der Waals surface area contributed by atoms with Gasteiger partial charge in [-0.1, -0.05) is 18.5 Å². The third kappa shape index (κ3) is 2.70. The first-order valence-electron chi connectivity index (χ1n) is 5.65. The van der Waals surface area contributed by atoms with Crippen LogP contribution in [-0.4, -0.2) is 9.78 Å². The van der Waals surface area contributed by atoms with Gasteiger partial charge in [0.2, 0.25) is 0 Å². The van der Waals surface area contributed by atoms with Crippen LogP contribution in [0.15, 0.2) is 22.8 Å². The zero-order chi connectivity index (χ0) is 12.3. The van der Waals surface area contributed by atoms with Crippen LogP contribution in [-0.2, 0) is 26.6 Å². The molecule has 0 fully saturated rings. The molecule has 0 saturated carbocycles. The van der Waals surface area contributed by atoms with Crippen molar-refractivity contribution in [3.8, 4) is 0 Å². The van der Waals surface area contributed by atoms with Crippen LogP contribution in [0.5, 0.6) is 0 Å². The molecular weight excluding hydrogens is 238 g/mol. The zero-order valence-corrected chi connectivity index (χ0v) is 10.8. The number of nitrogens with zero attached hydrogens (tertiary/aromatic N) is 2. The highest BCUT2D eigenvalue weighted by atomic mass is 35.5. The van der Waals surface area contributed by atoms with E-state index in [1.165, 1.54) is 0 Å². The van der Waals surface area contributed by atoms with Crippen molar-refractivity contribution in [3.05, 3.63) is 40.6 Å². The Morgan fingerprint density at radius 3 is 2.88 bits per heavy atom. The van der Waals surface area contributed by atoms with Crippen molar-refractivity contribution in [2.75, 3.05) is 0 Å². The number of aryl methyl sites for hydroxylation is 2. The molecule has 17 heavy (non-hydrogen) atoms. The van der Waals surface area contributed by atoms with Gasteiger partial charge in [-0.25, -0.2) is 0 Å². The molecule has 2 aromatic heterocycles. The fraction of sp³-hybridized carbons (Fsp3) is 0.417. The second-order valence-electron chi connectivity index (χ2n) is 3.87. The zero-order valence-electron chi connectivity index (χ0n) is 10.0. The summed E-state index contributed by atoms with van der Waals surface area (Å²) in [7, 11) is 1.91. The molecule has 2 rings (SSSR count). The highest BCUT2D eigenvalue weighted by Gasteiger charge is 2.12. The van der Waals surface area contributed by atoms with Crippen LogP contribution < -0.4 is 5.32 Å². The summed E-state index contributed by atoms with van der Waals surface area (Å²) in [6, 6.07) is 3.82. The van der Waals surface area contributed by atoms with Crippen molar-refractivity contribution < 1.29 is 4.42 Å². The Hall–Kier alpha value is -1.26. The van der Waals surface area contributed by atoms with Crippen molar-refractivity contribution in [1.82, 2.24) is 15.1 Å². The molecule has 0 saturated heterocycles. The average Bonchev–Trinajstić information content (AvgIpc) is 2.91. The number of hydrogen-bond donors (Lipinski definition) is 1. The Morgan fingerprint density at radius 2 is 2.29 bits per heavy atom. The molecule has 0 amide bonds. The fourth-order valence-corrected chi connectivity index (χ4v) is 2.09. The van der Waals surface area contributed by atoms with Crippen LogP contribution in [0.2, 0.25) is 5.02 Å². The van der Waals surface area contributed by atoms with Gasteiger partial charge in [-0.15, -0.1) is 0 Å².